The van der Waals surface area contributed by atoms with Crippen molar-refractivity contribution in [2.45, 2.75) is 39.0 Å². The molecule has 0 saturated heterocycles. The Bertz CT molecular complexity index is 1370. The molecule has 1 aliphatic heterocycles. The maximum atomic E-state index is 12.3. The number of hydrogen-bond donors (Lipinski definition) is 2. The fourth-order valence-electron chi connectivity index (χ4n) is 3.70. The molecule has 8 nitrogen and oxygen atoms in total. The summed E-state index contributed by atoms with van der Waals surface area (Å²) in [6, 6.07) is 8.69. The number of fused-ring (bicyclic) bond motifs is 2. The maximum absolute atomic E-state index is 12.3. The molecule has 0 radical (unpaired) electrons. The first kappa shape index (κ1) is 21.5. The number of carbonyl (C=O) groups excluding carboxylic acids is 1. The Balaban J connectivity index is 1.46. The molecule has 0 spiro atoms. The van der Waals surface area contributed by atoms with E-state index in [2.05, 4.69) is 25.9 Å². The van der Waals surface area contributed by atoms with Crippen molar-refractivity contribution in [1.29, 1.82) is 0 Å². The Morgan fingerprint density at radius 3 is 2.82 bits per heavy atom. The van der Waals surface area contributed by atoms with Crippen molar-refractivity contribution in [2.75, 3.05) is 0 Å². The van der Waals surface area contributed by atoms with Crippen LogP contribution in [0.1, 0.15) is 37.8 Å². The molecule has 1 aromatic heterocycles. The third kappa shape index (κ3) is 4.32. The summed E-state index contributed by atoms with van der Waals surface area (Å²) >= 11 is 3.39. The summed E-state index contributed by atoms with van der Waals surface area (Å²) in [5.74, 6) is -0.292. The summed E-state index contributed by atoms with van der Waals surface area (Å²) in [5.41, 5.74) is 0.750. The number of aromatic amines is 1. The van der Waals surface area contributed by atoms with Crippen LogP contribution in [0.25, 0.3) is 10.8 Å². The highest BCUT2D eigenvalue weighted by Crippen LogP contribution is 2.47. The van der Waals surface area contributed by atoms with Gasteiger partial charge >= 0.3 is 5.97 Å². The van der Waals surface area contributed by atoms with Crippen molar-refractivity contribution < 1.29 is 24.1 Å². The minimum absolute atomic E-state index is 0.0616. The number of nitrogens with one attached hydrogen (secondary N) is 1. The minimum atomic E-state index is -0.876. The third-order valence-corrected chi connectivity index (χ3v) is 5.90. The fourth-order valence-corrected chi connectivity index (χ4v) is 4.06. The molecule has 0 bridgehead atoms. The van der Waals surface area contributed by atoms with E-state index < -0.39 is 5.79 Å². The SMILES string of the molecule is CC1(C)Oc2cc(CN=Cc3c(O)[nH]c(=O)c4ccc(Br)cc34)cc(OC(=O)C3CC3)c2O1. The van der Waals surface area contributed by atoms with Gasteiger partial charge in [-0.05, 0) is 48.7 Å². The third-order valence-electron chi connectivity index (χ3n) is 5.40. The Morgan fingerprint density at radius 1 is 1.27 bits per heavy atom. The number of nitrogens with zero attached hydrogens (tertiary/aromatic N) is 1. The number of pyridine rings is 1. The molecule has 3 aromatic rings. The molecule has 1 aliphatic carbocycles. The van der Waals surface area contributed by atoms with E-state index >= 15 is 0 Å². The molecule has 0 unspecified atom stereocenters. The zero-order valence-corrected chi connectivity index (χ0v) is 19.6. The van der Waals surface area contributed by atoms with Gasteiger partial charge in [0.1, 0.15) is 0 Å². The molecular weight excluding hydrogens is 492 g/mol. The normalized spacial score (nSPS) is 16.5. The Morgan fingerprint density at radius 2 is 2.06 bits per heavy atom. The van der Waals surface area contributed by atoms with Gasteiger partial charge in [-0.25, -0.2) is 0 Å². The van der Waals surface area contributed by atoms with E-state index in [1.54, 1.807) is 44.2 Å². The second-order valence-corrected chi connectivity index (χ2v) is 9.51. The first-order chi connectivity index (χ1) is 15.7. The lowest BCUT2D eigenvalue weighted by Crippen LogP contribution is -2.29. The van der Waals surface area contributed by atoms with E-state index in [4.69, 9.17) is 14.2 Å². The monoisotopic (exact) mass is 512 g/mol. The Kier molecular flexibility index (Phi) is 5.16. The zero-order chi connectivity index (χ0) is 23.3. The van der Waals surface area contributed by atoms with Crippen LogP contribution in [-0.4, -0.2) is 28.1 Å². The van der Waals surface area contributed by atoms with Crippen LogP contribution >= 0.6 is 15.9 Å². The predicted octanol–water partition coefficient (Wildman–Crippen LogP) is 4.44. The predicted molar refractivity (Wildman–Crippen MR) is 125 cm³/mol. The number of carbonyl (C=O) groups is 1. The van der Waals surface area contributed by atoms with Gasteiger partial charge in [0.15, 0.2) is 11.5 Å². The lowest BCUT2D eigenvalue weighted by Gasteiger charge is -2.16. The van der Waals surface area contributed by atoms with Crippen molar-refractivity contribution >= 4 is 38.9 Å². The van der Waals surface area contributed by atoms with Crippen LogP contribution in [0, 0.1) is 5.92 Å². The average molecular weight is 513 g/mol. The molecule has 2 aromatic carbocycles. The smallest absolute Gasteiger partial charge is 0.314 e. The van der Waals surface area contributed by atoms with Crippen LogP contribution in [0.5, 0.6) is 23.1 Å². The number of rotatable bonds is 5. The van der Waals surface area contributed by atoms with Gasteiger partial charge in [0.05, 0.1) is 18.0 Å². The van der Waals surface area contributed by atoms with Crippen molar-refractivity contribution in [3.63, 3.8) is 0 Å². The second kappa shape index (κ2) is 7.91. The largest absolute Gasteiger partial charge is 0.494 e. The molecule has 1 saturated carbocycles. The summed E-state index contributed by atoms with van der Waals surface area (Å²) in [7, 11) is 0. The van der Waals surface area contributed by atoms with E-state index in [0.717, 1.165) is 22.9 Å². The van der Waals surface area contributed by atoms with Gasteiger partial charge in [-0.1, -0.05) is 15.9 Å². The molecule has 9 heteroatoms. The van der Waals surface area contributed by atoms with Crippen LogP contribution in [-0.2, 0) is 11.3 Å². The lowest BCUT2D eigenvalue weighted by molar-refractivity contribution is -0.136. The van der Waals surface area contributed by atoms with Gasteiger partial charge in [-0.15, -0.1) is 0 Å². The number of aromatic nitrogens is 1. The molecule has 5 rings (SSSR count). The molecular formula is C24H21BrN2O6. The number of H-pyrrole nitrogens is 1. The first-order valence-electron chi connectivity index (χ1n) is 10.5. The Labute approximate surface area is 197 Å². The summed E-state index contributed by atoms with van der Waals surface area (Å²) in [6.45, 7) is 3.78. The van der Waals surface area contributed by atoms with Crippen molar-refractivity contribution in [3.8, 4) is 23.1 Å². The van der Waals surface area contributed by atoms with Gasteiger partial charge in [0, 0.05) is 35.3 Å². The summed E-state index contributed by atoms with van der Waals surface area (Å²) in [4.78, 5) is 31.3. The lowest BCUT2D eigenvalue weighted by atomic mass is 10.1. The van der Waals surface area contributed by atoms with Gasteiger partial charge in [0.25, 0.3) is 5.56 Å². The maximum Gasteiger partial charge on any atom is 0.314 e. The highest BCUT2D eigenvalue weighted by Gasteiger charge is 2.37. The van der Waals surface area contributed by atoms with Crippen molar-refractivity contribution in [3.05, 3.63) is 56.3 Å². The number of aromatic hydroxyl groups is 1. The molecule has 0 amide bonds. The van der Waals surface area contributed by atoms with Gasteiger partial charge in [-0.3, -0.25) is 19.6 Å². The summed E-state index contributed by atoms with van der Waals surface area (Å²) in [5, 5.41) is 11.3. The molecule has 0 atom stereocenters. The van der Waals surface area contributed by atoms with E-state index in [9.17, 15) is 14.7 Å². The molecule has 33 heavy (non-hydrogen) atoms. The van der Waals surface area contributed by atoms with E-state index in [-0.39, 0.29) is 29.9 Å². The van der Waals surface area contributed by atoms with Gasteiger partial charge in [0.2, 0.25) is 17.4 Å². The fraction of sp³-hybridized carbons (Fsp3) is 0.292. The quantitative estimate of drug-likeness (QED) is 0.297. The number of benzene rings is 2. The van der Waals surface area contributed by atoms with E-state index in [0.29, 0.717) is 33.6 Å². The molecule has 2 heterocycles. The minimum Gasteiger partial charge on any atom is -0.494 e. The van der Waals surface area contributed by atoms with Crippen LogP contribution in [0.4, 0.5) is 0 Å². The zero-order valence-electron chi connectivity index (χ0n) is 18.0. The highest BCUT2D eigenvalue weighted by atomic mass is 79.9. The summed E-state index contributed by atoms with van der Waals surface area (Å²) < 4.78 is 18.1. The topological polar surface area (TPSA) is 110 Å². The Hall–Kier alpha value is -3.33. The summed E-state index contributed by atoms with van der Waals surface area (Å²) in [6.07, 6.45) is 3.17. The number of esters is 1. The van der Waals surface area contributed by atoms with E-state index in [1.807, 2.05) is 0 Å². The van der Waals surface area contributed by atoms with Gasteiger partial charge < -0.3 is 19.3 Å². The molecule has 1 fully saturated rings. The van der Waals surface area contributed by atoms with Crippen LogP contribution in [0.2, 0.25) is 0 Å². The van der Waals surface area contributed by atoms with Gasteiger partial charge in [-0.2, -0.15) is 0 Å². The number of aliphatic imine (C=N–C) groups is 1. The van der Waals surface area contributed by atoms with Crippen molar-refractivity contribution in [1.82, 2.24) is 4.98 Å². The second-order valence-electron chi connectivity index (χ2n) is 8.60. The number of hydrogen-bond acceptors (Lipinski definition) is 7. The molecule has 2 aliphatic rings. The van der Waals surface area contributed by atoms with E-state index in [1.165, 1.54) is 6.21 Å². The van der Waals surface area contributed by atoms with Crippen LogP contribution < -0.4 is 19.8 Å². The molecule has 170 valence electrons. The first-order valence-corrected chi connectivity index (χ1v) is 11.3. The number of ether oxygens (including phenoxy) is 3. The average Bonchev–Trinajstić information content (AvgIpc) is 3.53. The molecule has 2 N–H and O–H groups in total. The van der Waals surface area contributed by atoms with Crippen LogP contribution in [0.3, 0.4) is 0 Å². The standard InChI is InChI=1S/C24H21BrN2O6/c1-24(2)32-19-8-12(7-18(20(19)33-24)31-23(30)13-3-4-13)10-26-11-17-16-9-14(25)5-6-15(16)21(28)27-22(17)29/h5-9,11,13H,3-4,10H2,1-2H3,(H2,27,28,29). The van der Waals surface area contributed by atoms with Crippen molar-refractivity contribution in [2.24, 2.45) is 10.9 Å². The van der Waals surface area contributed by atoms with Crippen LogP contribution in [0.15, 0.2) is 44.6 Å². The number of halogens is 1. The highest BCUT2D eigenvalue weighted by molar-refractivity contribution is 9.10.